The maximum atomic E-state index is 12.5. The number of aromatic nitrogens is 2. The van der Waals surface area contributed by atoms with Crippen LogP contribution in [0.1, 0.15) is 42.6 Å². The minimum Gasteiger partial charge on any atom is -0.493 e. The fourth-order valence-electron chi connectivity index (χ4n) is 3.36. The molecule has 28 heavy (non-hydrogen) atoms. The Kier molecular flexibility index (Phi) is 5.71. The molecule has 2 aliphatic rings. The van der Waals surface area contributed by atoms with E-state index in [1.54, 1.807) is 0 Å². The first-order valence-electron chi connectivity index (χ1n) is 9.91. The highest BCUT2D eigenvalue weighted by Crippen LogP contribution is 2.30. The van der Waals surface area contributed by atoms with Gasteiger partial charge in [-0.3, -0.25) is 4.79 Å². The second-order valence-corrected chi connectivity index (χ2v) is 7.49. The maximum Gasteiger partial charge on any atom is 0.261 e. The molecule has 0 unspecified atom stereocenters. The molecular formula is C21H26N4O3. The van der Waals surface area contributed by atoms with Gasteiger partial charge >= 0.3 is 0 Å². The lowest BCUT2D eigenvalue weighted by atomic mass is 10.1. The molecule has 0 amide bonds. The summed E-state index contributed by atoms with van der Waals surface area (Å²) in [7, 11) is 0. The smallest absolute Gasteiger partial charge is 0.261 e. The molecule has 1 aromatic carbocycles. The molecule has 4 rings (SSSR count). The second-order valence-electron chi connectivity index (χ2n) is 7.49. The number of nitrogens with zero attached hydrogens (tertiary/aromatic N) is 1. The van der Waals surface area contributed by atoms with Crippen molar-refractivity contribution >= 4 is 12.0 Å². The number of aromatic amines is 1. The first-order valence-corrected chi connectivity index (χ1v) is 9.91. The summed E-state index contributed by atoms with van der Waals surface area (Å²) in [5, 5.41) is 10.9. The van der Waals surface area contributed by atoms with Gasteiger partial charge in [-0.05, 0) is 37.7 Å². The van der Waals surface area contributed by atoms with Crippen molar-refractivity contribution in [1.29, 1.82) is 5.41 Å². The normalized spacial score (nSPS) is 17.3. The van der Waals surface area contributed by atoms with Gasteiger partial charge in [0.05, 0.1) is 12.2 Å². The summed E-state index contributed by atoms with van der Waals surface area (Å²) in [6, 6.07) is 8.08. The first kappa shape index (κ1) is 18.7. The number of anilines is 1. The van der Waals surface area contributed by atoms with E-state index in [9.17, 15) is 4.79 Å². The number of nitrogens with one attached hydrogen (secondary N) is 3. The van der Waals surface area contributed by atoms with Crippen LogP contribution in [0.5, 0.6) is 5.75 Å². The van der Waals surface area contributed by atoms with Gasteiger partial charge < -0.3 is 25.2 Å². The fraction of sp³-hybridized carbons (Fsp3) is 0.476. The van der Waals surface area contributed by atoms with Gasteiger partial charge in [-0.15, -0.1) is 0 Å². The van der Waals surface area contributed by atoms with Crippen LogP contribution in [0, 0.1) is 11.3 Å². The van der Waals surface area contributed by atoms with Crippen LogP contribution < -0.4 is 15.6 Å². The van der Waals surface area contributed by atoms with Crippen LogP contribution in [-0.2, 0) is 11.2 Å². The molecule has 1 aliphatic carbocycles. The summed E-state index contributed by atoms with van der Waals surface area (Å²) in [6.45, 7) is 2.13. The summed E-state index contributed by atoms with van der Waals surface area (Å²) in [4.78, 5) is 19.9. The topological polar surface area (TPSA) is 100 Å². The lowest BCUT2D eigenvalue weighted by Crippen LogP contribution is -2.30. The third-order valence-electron chi connectivity index (χ3n) is 5.21. The molecule has 2 aromatic rings. The van der Waals surface area contributed by atoms with Crippen molar-refractivity contribution in [3.63, 3.8) is 0 Å². The zero-order chi connectivity index (χ0) is 19.3. The third-order valence-corrected chi connectivity index (χ3v) is 5.21. The van der Waals surface area contributed by atoms with Crippen LogP contribution in [0.2, 0.25) is 0 Å². The molecule has 1 saturated carbocycles. The summed E-state index contributed by atoms with van der Waals surface area (Å²) in [5.41, 5.74) is 0.949. The predicted octanol–water partition coefficient (Wildman–Crippen LogP) is 2.74. The SMILES string of the molecule is N=Cc1c(NC2CCOCC2)nc(Cc2ccccc2OCC2CC2)[nH]c1=O. The lowest BCUT2D eigenvalue weighted by molar-refractivity contribution is 0.0904. The number of para-hydroxylation sites is 1. The minimum absolute atomic E-state index is 0.198. The van der Waals surface area contributed by atoms with E-state index in [1.807, 2.05) is 24.3 Å². The quantitative estimate of drug-likeness (QED) is 0.610. The van der Waals surface area contributed by atoms with Gasteiger partial charge in [0.2, 0.25) is 0 Å². The summed E-state index contributed by atoms with van der Waals surface area (Å²) < 4.78 is 11.4. The van der Waals surface area contributed by atoms with Crippen molar-refractivity contribution in [3.05, 3.63) is 51.6 Å². The molecule has 7 nitrogen and oxygen atoms in total. The zero-order valence-electron chi connectivity index (χ0n) is 15.9. The second kappa shape index (κ2) is 8.56. The average Bonchev–Trinajstić information content (AvgIpc) is 3.53. The molecule has 1 aliphatic heterocycles. The number of rotatable bonds is 8. The van der Waals surface area contributed by atoms with Gasteiger partial charge in [-0.2, -0.15) is 0 Å². The molecule has 2 heterocycles. The van der Waals surface area contributed by atoms with E-state index in [-0.39, 0.29) is 17.2 Å². The molecule has 3 N–H and O–H groups in total. The number of hydrogen-bond donors (Lipinski definition) is 3. The van der Waals surface area contributed by atoms with Gasteiger partial charge in [0.15, 0.2) is 0 Å². The van der Waals surface area contributed by atoms with Crippen LogP contribution in [0.25, 0.3) is 0 Å². The van der Waals surface area contributed by atoms with E-state index >= 15 is 0 Å². The van der Waals surface area contributed by atoms with Gasteiger partial charge in [0.1, 0.15) is 17.4 Å². The number of benzene rings is 1. The molecule has 0 atom stereocenters. The Labute approximate surface area is 164 Å². The predicted molar refractivity (Wildman–Crippen MR) is 108 cm³/mol. The number of hydrogen-bond acceptors (Lipinski definition) is 6. The molecule has 0 radical (unpaired) electrons. The van der Waals surface area contributed by atoms with E-state index in [4.69, 9.17) is 14.9 Å². The Hall–Kier alpha value is -2.67. The summed E-state index contributed by atoms with van der Waals surface area (Å²) in [5.74, 6) is 2.55. The monoisotopic (exact) mass is 382 g/mol. The van der Waals surface area contributed by atoms with Gasteiger partial charge in [0.25, 0.3) is 5.56 Å². The van der Waals surface area contributed by atoms with Crippen LogP contribution in [-0.4, -0.2) is 42.0 Å². The molecule has 148 valence electrons. The Morgan fingerprint density at radius 3 is 2.79 bits per heavy atom. The van der Waals surface area contributed by atoms with Gasteiger partial charge in [-0.1, -0.05) is 18.2 Å². The highest BCUT2D eigenvalue weighted by molar-refractivity contribution is 5.83. The van der Waals surface area contributed by atoms with E-state index in [0.29, 0.717) is 37.2 Å². The standard InChI is InChI=1S/C21H26N4O3/c22-12-17-20(23-16-7-9-27-10-8-16)24-19(25-21(17)26)11-15-3-1-2-4-18(15)28-13-14-5-6-14/h1-4,12,14,16,22H,5-11,13H2,(H2,23,24,25,26). The highest BCUT2D eigenvalue weighted by atomic mass is 16.5. The fourth-order valence-corrected chi connectivity index (χ4v) is 3.36. The molecule has 1 saturated heterocycles. The van der Waals surface area contributed by atoms with Crippen molar-refractivity contribution in [1.82, 2.24) is 9.97 Å². The van der Waals surface area contributed by atoms with E-state index in [0.717, 1.165) is 37.0 Å². The Morgan fingerprint density at radius 1 is 1.25 bits per heavy atom. The van der Waals surface area contributed by atoms with Gasteiger partial charge in [-0.25, -0.2) is 4.98 Å². The maximum absolute atomic E-state index is 12.5. The van der Waals surface area contributed by atoms with Crippen LogP contribution >= 0.6 is 0 Å². The van der Waals surface area contributed by atoms with Gasteiger partial charge in [0, 0.05) is 37.5 Å². The highest BCUT2D eigenvalue weighted by Gasteiger charge is 2.22. The lowest BCUT2D eigenvalue weighted by Gasteiger charge is -2.24. The Morgan fingerprint density at radius 2 is 2.04 bits per heavy atom. The zero-order valence-corrected chi connectivity index (χ0v) is 15.9. The first-order chi connectivity index (χ1) is 13.7. The molecular weight excluding hydrogens is 356 g/mol. The average molecular weight is 382 g/mol. The van der Waals surface area contributed by atoms with Crippen molar-refractivity contribution < 1.29 is 9.47 Å². The summed E-state index contributed by atoms with van der Waals surface area (Å²) >= 11 is 0. The molecule has 7 heteroatoms. The molecule has 2 fully saturated rings. The minimum atomic E-state index is -0.300. The van der Waals surface area contributed by atoms with Crippen molar-refractivity contribution in [2.45, 2.75) is 38.1 Å². The Bertz CT molecular complexity index is 885. The van der Waals surface area contributed by atoms with Crippen LogP contribution in [0.3, 0.4) is 0 Å². The molecule has 0 bridgehead atoms. The summed E-state index contributed by atoms with van der Waals surface area (Å²) in [6.07, 6.45) is 5.73. The number of H-pyrrole nitrogens is 1. The third kappa shape index (κ3) is 4.59. The van der Waals surface area contributed by atoms with Crippen molar-refractivity contribution in [2.24, 2.45) is 5.92 Å². The van der Waals surface area contributed by atoms with Crippen molar-refractivity contribution in [2.75, 3.05) is 25.1 Å². The van der Waals surface area contributed by atoms with E-state index < -0.39 is 0 Å². The van der Waals surface area contributed by atoms with Crippen LogP contribution in [0.15, 0.2) is 29.1 Å². The largest absolute Gasteiger partial charge is 0.493 e. The van der Waals surface area contributed by atoms with E-state index in [2.05, 4.69) is 15.3 Å². The molecule has 0 spiro atoms. The van der Waals surface area contributed by atoms with Crippen molar-refractivity contribution in [3.8, 4) is 5.75 Å². The molecule has 1 aromatic heterocycles. The van der Waals surface area contributed by atoms with E-state index in [1.165, 1.54) is 12.8 Å². The van der Waals surface area contributed by atoms with Crippen LogP contribution in [0.4, 0.5) is 5.82 Å². The number of ether oxygens (including phenoxy) is 2. The Balaban J connectivity index is 1.56.